The first-order valence-electron chi connectivity index (χ1n) is 5.73. The summed E-state index contributed by atoms with van der Waals surface area (Å²) >= 11 is 0. The van der Waals surface area contributed by atoms with Crippen LogP contribution in [-0.2, 0) is 12.8 Å². The molecule has 0 aliphatic heterocycles. The van der Waals surface area contributed by atoms with Crippen LogP contribution in [0.4, 0.5) is 4.39 Å². The van der Waals surface area contributed by atoms with Crippen LogP contribution < -0.4 is 4.74 Å². The zero-order valence-corrected chi connectivity index (χ0v) is 9.32. The number of aromatic nitrogens is 1. The molecule has 1 heterocycles. The number of halogens is 1. The van der Waals surface area contributed by atoms with Gasteiger partial charge in [-0.1, -0.05) is 0 Å². The molecular formula is C14H12FNO. The molecule has 0 fully saturated rings. The average molecular weight is 229 g/mol. The fourth-order valence-corrected chi connectivity index (χ4v) is 2.26. The fourth-order valence-electron chi connectivity index (χ4n) is 2.26. The van der Waals surface area contributed by atoms with E-state index in [1.807, 2.05) is 12.1 Å². The minimum atomic E-state index is -0.115. The van der Waals surface area contributed by atoms with Crippen LogP contribution in [0.25, 0.3) is 0 Å². The van der Waals surface area contributed by atoms with E-state index >= 15 is 0 Å². The van der Waals surface area contributed by atoms with Crippen LogP contribution in [0.2, 0.25) is 0 Å². The van der Waals surface area contributed by atoms with Crippen molar-refractivity contribution in [1.29, 1.82) is 0 Å². The summed E-state index contributed by atoms with van der Waals surface area (Å²) in [5.74, 6) is 1.33. The molecule has 86 valence electrons. The first-order valence-corrected chi connectivity index (χ1v) is 5.73. The van der Waals surface area contributed by atoms with Crippen molar-refractivity contribution in [2.24, 2.45) is 0 Å². The summed E-state index contributed by atoms with van der Waals surface area (Å²) in [7, 11) is 0. The molecule has 1 aromatic heterocycles. The maximum atomic E-state index is 13.5. The lowest BCUT2D eigenvalue weighted by Gasteiger charge is -2.10. The van der Waals surface area contributed by atoms with Crippen LogP contribution in [0.5, 0.6) is 11.5 Å². The lowest BCUT2D eigenvalue weighted by molar-refractivity contribution is 0.472. The second kappa shape index (κ2) is 4.17. The fraction of sp³-hybridized carbons (Fsp3) is 0.214. The van der Waals surface area contributed by atoms with Crippen molar-refractivity contribution in [3.8, 4) is 11.5 Å². The van der Waals surface area contributed by atoms with Crippen molar-refractivity contribution in [2.75, 3.05) is 0 Å². The van der Waals surface area contributed by atoms with Gasteiger partial charge in [-0.25, -0.2) is 4.39 Å². The van der Waals surface area contributed by atoms with Gasteiger partial charge in [0.15, 0.2) is 0 Å². The van der Waals surface area contributed by atoms with Gasteiger partial charge < -0.3 is 4.74 Å². The standard InChI is InChI=1S/C14H12FNO/c15-13-6-7-14(12-5-1-4-11(12)13)17-10-3-2-8-16-9-10/h2-3,6-9H,1,4-5H2. The number of ether oxygens (including phenoxy) is 1. The Morgan fingerprint density at radius 2 is 2.00 bits per heavy atom. The molecule has 0 unspecified atom stereocenters. The van der Waals surface area contributed by atoms with Crippen molar-refractivity contribution in [2.45, 2.75) is 19.3 Å². The zero-order valence-electron chi connectivity index (χ0n) is 9.32. The van der Waals surface area contributed by atoms with Crippen molar-refractivity contribution in [1.82, 2.24) is 4.98 Å². The zero-order chi connectivity index (χ0) is 11.7. The van der Waals surface area contributed by atoms with E-state index in [1.54, 1.807) is 18.5 Å². The second-order valence-electron chi connectivity index (χ2n) is 4.15. The third kappa shape index (κ3) is 1.88. The molecule has 2 aromatic rings. The largest absolute Gasteiger partial charge is 0.455 e. The highest BCUT2D eigenvalue weighted by atomic mass is 19.1. The van der Waals surface area contributed by atoms with Gasteiger partial charge in [0.1, 0.15) is 17.3 Å². The Morgan fingerprint density at radius 3 is 2.82 bits per heavy atom. The minimum Gasteiger partial charge on any atom is -0.455 e. The Hall–Kier alpha value is -1.90. The Bertz CT molecular complexity index is 539. The highest BCUT2D eigenvalue weighted by Gasteiger charge is 2.19. The number of rotatable bonds is 2. The van der Waals surface area contributed by atoms with E-state index in [2.05, 4.69) is 4.98 Å². The van der Waals surface area contributed by atoms with E-state index < -0.39 is 0 Å². The van der Waals surface area contributed by atoms with Crippen LogP contribution in [0, 0.1) is 5.82 Å². The summed E-state index contributed by atoms with van der Waals surface area (Å²) in [5, 5.41) is 0. The number of nitrogens with zero attached hydrogens (tertiary/aromatic N) is 1. The van der Waals surface area contributed by atoms with E-state index in [9.17, 15) is 4.39 Å². The highest BCUT2D eigenvalue weighted by molar-refractivity contribution is 5.45. The SMILES string of the molecule is Fc1ccc(Oc2cccnc2)c2c1CCC2. The molecule has 1 aliphatic rings. The lowest BCUT2D eigenvalue weighted by atomic mass is 10.1. The Kier molecular flexibility index (Phi) is 2.52. The average Bonchev–Trinajstić information content (AvgIpc) is 2.84. The van der Waals surface area contributed by atoms with Crippen molar-refractivity contribution < 1.29 is 9.13 Å². The van der Waals surface area contributed by atoms with Gasteiger partial charge >= 0.3 is 0 Å². The summed E-state index contributed by atoms with van der Waals surface area (Å²) in [6.07, 6.45) is 6.06. The molecule has 0 saturated heterocycles. The van der Waals surface area contributed by atoms with Crippen LogP contribution >= 0.6 is 0 Å². The third-order valence-electron chi connectivity index (χ3n) is 3.05. The van der Waals surface area contributed by atoms with Crippen LogP contribution in [-0.4, -0.2) is 4.98 Å². The molecule has 0 atom stereocenters. The molecule has 0 bridgehead atoms. The number of hydrogen-bond acceptors (Lipinski definition) is 2. The van der Waals surface area contributed by atoms with E-state index in [0.29, 0.717) is 5.75 Å². The molecule has 1 aliphatic carbocycles. The summed E-state index contributed by atoms with van der Waals surface area (Å²) in [5.41, 5.74) is 1.82. The molecule has 1 aromatic carbocycles. The van der Waals surface area contributed by atoms with E-state index in [1.165, 1.54) is 6.07 Å². The molecule has 0 N–H and O–H groups in total. The van der Waals surface area contributed by atoms with Crippen LogP contribution in [0.3, 0.4) is 0 Å². The Morgan fingerprint density at radius 1 is 1.12 bits per heavy atom. The smallest absolute Gasteiger partial charge is 0.145 e. The predicted octanol–water partition coefficient (Wildman–Crippen LogP) is 3.50. The molecule has 0 amide bonds. The van der Waals surface area contributed by atoms with Crippen molar-refractivity contribution in [3.63, 3.8) is 0 Å². The molecule has 0 radical (unpaired) electrons. The maximum Gasteiger partial charge on any atom is 0.145 e. The van der Waals surface area contributed by atoms with Gasteiger partial charge in [0.25, 0.3) is 0 Å². The molecular weight excluding hydrogens is 217 g/mol. The topological polar surface area (TPSA) is 22.1 Å². The van der Waals surface area contributed by atoms with Gasteiger partial charge in [-0.05, 0) is 49.1 Å². The normalized spacial score (nSPS) is 13.5. The molecule has 3 rings (SSSR count). The number of fused-ring (bicyclic) bond motifs is 1. The predicted molar refractivity (Wildman–Crippen MR) is 62.7 cm³/mol. The third-order valence-corrected chi connectivity index (χ3v) is 3.05. The van der Waals surface area contributed by atoms with E-state index in [4.69, 9.17) is 4.74 Å². The second-order valence-corrected chi connectivity index (χ2v) is 4.15. The van der Waals surface area contributed by atoms with E-state index in [-0.39, 0.29) is 5.82 Å². The Balaban J connectivity index is 1.97. The Labute approximate surface area is 99.1 Å². The first-order chi connectivity index (χ1) is 8.34. The molecule has 3 heteroatoms. The van der Waals surface area contributed by atoms with Gasteiger partial charge in [0, 0.05) is 11.8 Å². The quantitative estimate of drug-likeness (QED) is 0.786. The molecule has 17 heavy (non-hydrogen) atoms. The minimum absolute atomic E-state index is 0.115. The van der Waals surface area contributed by atoms with E-state index in [0.717, 1.165) is 36.1 Å². The molecule has 0 spiro atoms. The van der Waals surface area contributed by atoms with Crippen molar-refractivity contribution in [3.05, 3.63) is 53.6 Å². The summed E-state index contributed by atoms with van der Waals surface area (Å²) in [4.78, 5) is 3.99. The molecule has 0 saturated carbocycles. The van der Waals surface area contributed by atoms with Gasteiger partial charge in [0.2, 0.25) is 0 Å². The highest BCUT2D eigenvalue weighted by Crippen LogP contribution is 2.34. The number of hydrogen-bond donors (Lipinski definition) is 0. The van der Waals surface area contributed by atoms with Gasteiger partial charge in [-0.2, -0.15) is 0 Å². The first kappa shape index (κ1) is 10.3. The van der Waals surface area contributed by atoms with Gasteiger partial charge in [-0.3, -0.25) is 4.98 Å². The van der Waals surface area contributed by atoms with Gasteiger partial charge in [0.05, 0.1) is 6.20 Å². The van der Waals surface area contributed by atoms with Gasteiger partial charge in [-0.15, -0.1) is 0 Å². The van der Waals surface area contributed by atoms with Crippen molar-refractivity contribution >= 4 is 0 Å². The summed E-state index contributed by atoms with van der Waals surface area (Å²) in [6.45, 7) is 0. The summed E-state index contributed by atoms with van der Waals surface area (Å²) < 4.78 is 19.3. The number of benzene rings is 1. The lowest BCUT2D eigenvalue weighted by Crippen LogP contribution is -1.94. The molecule has 2 nitrogen and oxygen atoms in total. The van der Waals surface area contributed by atoms with Crippen LogP contribution in [0.1, 0.15) is 17.5 Å². The number of pyridine rings is 1. The van der Waals surface area contributed by atoms with Crippen LogP contribution in [0.15, 0.2) is 36.7 Å². The summed E-state index contributed by atoms with van der Waals surface area (Å²) in [6, 6.07) is 6.85. The maximum absolute atomic E-state index is 13.5. The monoisotopic (exact) mass is 229 g/mol.